The van der Waals surface area contributed by atoms with Gasteiger partial charge in [-0.2, -0.15) is 0 Å². The molecule has 1 aromatic heterocycles. The van der Waals surface area contributed by atoms with E-state index in [4.69, 9.17) is 9.47 Å². The van der Waals surface area contributed by atoms with Gasteiger partial charge in [0.05, 0.1) is 4.88 Å². The van der Waals surface area contributed by atoms with Crippen molar-refractivity contribution in [1.29, 1.82) is 0 Å². The van der Waals surface area contributed by atoms with Gasteiger partial charge in [-0.15, -0.1) is 11.3 Å². The van der Waals surface area contributed by atoms with E-state index in [1.807, 2.05) is 38.1 Å². The summed E-state index contributed by atoms with van der Waals surface area (Å²) in [6, 6.07) is 9.51. The molecule has 0 saturated heterocycles. The van der Waals surface area contributed by atoms with Gasteiger partial charge in [0.2, 0.25) is 5.91 Å². The van der Waals surface area contributed by atoms with Gasteiger partial charge in [0.15, 0.2) is 11.5 Å². The molecule has 2 N–H and O–H groups in total. The normalized spacial score (nSPS) is 12.7. The van der Waals surface area contributed by atoms with Gasteiger partial charge in [0.25, 0.3) is 5.91 Å². The molecule has 0 spiro atoms. The molecular weight excluding hydrogens is 352 g/mol. The molecule has 2 aromatic rings. The Morgan fingerprint density at radius 2 is 1.77 bits per heavy atom. The van der Waals surface area contributed by atoms with E-state index in [2.05, 4.69) is 10.6 Å². The quantitative estimate of drug-likeness (QED) is 0.762. The van der Waals surface area contributed by atoms with Crippen molar-refractivity contribution in [3.8, 4) is 21.9 Å². The summed E-state index contributed by atoms with van der Waals surface area (Å²) in [6.07, 6.45) is 0. The number of benzene rings is 1. The minimum atomic E-state index is -0.141. The number of ether oxygens (including phenoxy) is 2. The van der Waals surface area contributed by atoms with Crippen LogP contribution in [-0.2, 0) is 4.79 Å². The van der Waals surface area contributed by atoms with E-state index in [0.29, 0.717) is 31.2 Å². The van der Waals surface area contributed by atoms with Gasteiger partial charge in [-0.1, -0.05) is 13.8 Å². The van der Waals surface area contributed by atoms with Crippen LogP contribution in [-0.4, -0.2) is 38.1 Å². The number of thiophene rings is 1. The van der Waals surface area contributed by atoms with Crippen molar-refractivity contribution in [3.63, 3.8) is 0 Å². The lowest BCUT2D eigenvalue weighted by molar-refractivity contribution is -0.123. The van der Waals surface area contributed by atoms with Gasteiger partial charge >= 0.3 is 0 Å². The fraction of sp³-hybridized carbons (Fsp3) is 0.368. The van der Waals surface area contributed by atoms with Gasteiger partial charge in [-0.05, 0) is 35.9 Å². The van der Waals surface area contributed by atoms with Crippen LogP contribution in [0.1, 0.15) is 23.5 Å². The summed E-state index contributed by atoms with van der Waals surface area (Å²) >= 11 is 1.42. The van der Waals surface area contributed by atoms with E-state index in [-0.39, 0.29) is 17.7 Å². The molecule has 0 radical (unpaired) electrons. The molecule has 1 aliphatic rings. The van der Waals surface area contributed by atoms with E-state index in [1.165, 1.54) is 11.3 Å². The van der Waals surface area contributed by atoms with Crippen molar-refractivity contribution in [2.45, 2.75) is 13.8 Å². The van der Waals surface area contributed by atoms with Crippen molar-refractivity contribution in [3.05, 3.63) is 35.2 Å². The van der Waals surface area contributed by atoms with Gasteiger partial charge in [-0.25, -0.2) is 0 Å². The zero-order chi connectivity index (χ0) is 18.5. The number of amides is 2. The SMILES string of the molecule is CC(C)C(=O)NCCNC(=O)c1ccc(-c2ccc3c(c2)OCCO3)s1. The van der Waals surface area contributed by atoms with Crippen molar-refractivity contribution in [2.24, 2.45) is 5.92 Å². The van der Waals surface area contributed by atoms with E-state index in [1.54, 1.807) is 6.07 Å². The monoisotopic (exact) mass is 374 g/mol. The maximum absolute atomic E-state index is 12.2. The third-order valence-corrected chi connectivity index (χ3v) is 5.02. The molecule has 0 atom stereocenters. The molecule has 0 unspecified atom stereocenters. The van der Waals surface area contributed by atoms with Crippen LogP contribution in [0.4, 0.5) is 0 Å². The van der Waals surface area contributed by atoms with Crippen LogP contribution < -0.4 is 20.1 Å². The molecular formula is C19H22N2O4S. The first kappa shape index (κ1) is 18.3. The highest BCUT2D eigenvalue weighted by molar-refractivity contribution is 7.17. The first-order valence-corrected chi connectivity index (χ1v) is 9.42. The first-order chi connectivity index (χ1) is 12.5. The largest absolute Gasteiger partial charge is 0.486 e. The standard InChI is InChI=1S/C19H22N2O4S/c1-12(2)18(22)20-7-8-21-19(23)17-6-5-16(26-17)13-3-4-14-15(11-13)25-10-9-24-14/h3-6,11-12H,7-10H2,1-2H3,(H,20,22)(H,21,23). The van der Waals surface area contributed by atoms with Gasteiger partial charge in [0.1, 0.15) is 13.2 Å². The predicted octanol–water partition coefficient (Wildman–Crippen LogP) is 2.69. The Balaban J connectivity index is 1.57. The zero-order valence-corrected chi connectivity index (χ0v) is 15.7. The van der Waals surface area contributed by atoms with Gasteiger partial charge < -0.3 is 20.1 Å². The fourth-order valence-corrected chi connectivity index (χ4v) is 3.38. The summed E-state index contributed by atoms with van der Waals surface area (Å²) < 4.78 is 11.1. The van der Waals surface area contributed by atoms with Gasteiger partial charge in [-0.3, -0.25) is 9.59 Å². The highest BCUT2D eigenvalue weighted by Crippen LogP contribution is 2.36. The summed E-state index contributed by atoms with van der Waals surface area (Å²) in [5, 5.41) is 5.59. The summed E-state index contributed by atoms with van der Waals surface area (Å²) in [4.78, 5) is 25.3. The lowest BCUT2D eigenvalue weighted by Crippen LogP contribution is -2.36. The minimum absolute atomic E-state index is 0.0173. The molecule has 0 aliphatic carbocycles. The van der Waals surface area contributed by atoms with E-state index >= 15 is 0 Å². The third-order valence-electron chi connectivity index (χ3n) is 3.89. The maximum Gasteiger partial charge on any atom is 0.261 e. The highest BCUT2D eigenvalue weighted by Gasteiger charge is 2.15. The molecule has 26 heavy (non-hydrogen) atoms. The molecule has 0 saturated carbocycles. The van der Waals surface area contributed by atoms with Crippen LogP contribution in [0.15, 0.2) is 30.3 Å². The van der Waals surface area contributed by atoms with Crippen LogP contribution in [0.25, 0.3) is 10.4 Å². The Bertz CT molecular complexity index is 801. The zero-order valence-electron chi connectivity index (χ0n) is 14.8. The Hall–Kier alpha value is -2.54. The lowest BCUT2D eigenvalue weighted by atomic mass is 10.1. The molecule has 0 fully saturated rings. The molecule has 2 heterocycles. The molecule has 1 aromatic carbocycles. The second kappa shape index (κ2) is 8.23. The number of carbonyl (C=O) groups excluding carboxylic acids is 2. The molecule has 3 rings (SSSR count). The number of hydrogen-bond acceptors (Lipinski definition) is 5. The summed E-state index contributed by atoms with van der Waals surface area (Å²) in [6.45, 7) is 5.59. The maximum atomic E-state index is 12.2. The Morgan fingerprint density at radius 1 is 1.04 bits per heavy atom. The minimum Gasteiger partial charge on any atom is -0.486 e. The van der Waals surface area contributed by atoms with Crippen LogP contribution in [0.3, 0.4) is 0 Å². The number of rotatable bonds is 6. The molecule has 6 nitrogen and oxygen atoms in total. The molecule has 1 aliphatic heterocycles. The van der Waals surface area contributed by atoms with Crippen molar-refractivity contribution in [1.82, 2.24) is 10.6 Å². The predicted molar refractivity (Wildman–Crippen MR) is 101 cm³/mol. The highest BCUT2D eigenvalue weighted by atomic mass is 32.1. The topological polar surface area (TPSA) is 76.7 Å². The van der Waals surface area contributed by atoms with Crippen molar-refractivity contribution in [2.75, 3.05) is 26.3 Å². The molecule has 138 valence electrons. The Kier molecular flexibility index (Phi) is 5.78. The second-order valence-corrected chi connectivity index (χ2v) is 7.31. The average molecular weight is 374 g/mol. The second-order valence-electron chi connectivity index (χ2n) is 6.22. The van der Waals surface area contributed by atoms with Crippen LogP contribution in [0, 0.1) is 5.92 Å². The number of hydrogen-bond donors (Lipinski definition) is 2. The van der Waals surface area contributed by atoms with E-state index in [0.717, 1.165) is 21.9 Å². The van der Waals surface area contributed by atoms with Crippen LogP contribution in [0.5, 0.6) is 11.5 Å². The molecule has 7 heteroatoms. The van der Waals surface area contributed by atoms with E-state index in [9.17, 15) is 9.59 Å². The third kappa shape index (κ3) is 4.35. The Morgan fingerprint density at radius 3 is 2.54 bits per heavy atom. The van der Waals surface area contributed by atoms with Crippen LogP contribution >= 0.6 is 11.3 Å². The molecule has 2 amide bonds. The van der Waals surface area contributed by atoms with Crippen molar-refractivity contribution < 1.29 is 19.1 Å². The average Bonchev–Trinajstić information content (AvgIpc) is 3.14. The molecule has 0 bridgehead atoms. The summed E-state index contributed by atoms with van der Waals surface area (Å²) in [7, 11) is 0. The number of carbonyl (C=O) groups is 2. The van der Waals surface area contributed by atoms with Crippen LogP contribution in [0.2, 0.25) is 0 Å². The smallest absolute Gasteiger partial charge is 0.261 e. The summed E-state index contributed by atoms with van der Waals surface area (Å²) in [5.41, 5.74) is 0.988. The Labute approximate surface area is 156 Å². The first-order valence-electron chi connectivity index (χ1n) is 8.60. The fourth-order valence-electron chi connectivity index (χ4n) is 2.46. The van der Waals surface area contributed by atoms with Gasteiger partial charge in [0, 0.05) is 23.9 Å². The van der Waals surface area contributed by atoms with Crippen molar-refractivity contribution >= 4 is 23.2 Å². The number of fused-ring (bicyclic) bond motifs is 1. The van der Waals surface area contributed by atoms with E-state index < -0.39 is 0 Å². The number of nitrogens with one attached hydrogen (secondary N) is 2. The summed E-state index contributed by atoms with van der Waals surface area (Å²) in [5.74, 6) is 1.26. The lowest BCUT2D eigenvalue weighted by Gasteiger charge is -2.18.